The van der Waals surface area contributed by atoms with Gasteiger partial charge in [0.25, 0.3) is 11.8 Å². The Labute approximate surface area is 155 Å². The summed E-state index contributed by atoms with van der Waals surface area (Å²) in [5.41, 5.74) is -0.478. The molecule has 0 aliphatic heterocycles. The van der Waals surface area contributed by atoms with E-state index in [0.29, 0.717) is 0 Å². The summed E-state index contributed by atoms with van der Waals surface area (Å²) in [7, 11) is 0. The molecule has 0 spiro atoms. The monoisotopic (exact) mass is 401 g/mol. The average Bonchev–Trinajstić information content (AvgIpc) is 2.61. The summed E-state index contributed by atoms with van der Waals surface area (Å²) in [4.78, 5) is 35.3. The predicted molar refractivity (Wildman–Crippen MR) is 87.2 cm³/mol. The molecule has 0 bridgehead atoms. The summed E-state index contributed by atoms with van der Waals surface area (Å²) in [6, 6.07) is 7.79. The lowest BCUT2D eigenvalue weighted by molar-refractivity contribution is -0.123. The van der Waals surface area contributed by atoms with Gasteiger partial charge in [-0.25, -0.2) is 9.18 Å². The minimum absolute atomic E-state index is 0.0165. The van der Waals surface area contributed by atoms with Crippen molar-refractivity contribution in [2.45, 2.75) is 6.61 Å². The highest BCUT2D eigenvalue weighted by Crippen LogP contribution is 2.16. The molecule has 0 atom stereocenters. The number of rotatable bonds is 6. The van der Waals surface area contributed by atoms with Gasteiger partial charge < -0.3 is 9.47 Å². The molecule has 0 radical (unpaired) electrons. The number of halogens is 4. The van der Waals surface area contributed by atoms with E-state index in [1.807, 2.05) is 5.32 Å². The molecule has 2 amide bonds. The van der Waals surface area contributed by atoms with Gasteiger partial charge in [0.2, 0.25) is 0 Å². The fourth-order valence-electron chi connectivity index (χ4n) is 1.89. The lowest BCUT2D eigenvalue weighted by Gasteiger charge is -2.08. The summed E-state index contributed by atoms with van der Waals surface area (Å²) >= 11 is 5.65. The van der Waals surface area contributed by atoms with E-state index < -0.39 is 42.4 Å². The molecule has 0 aliphatic rings. The first-order valence-electron chi connectivity index (χ1n) is 7.27. The minimum Gasteiger partial charge on any atom is -0.452 e. The maximum absolute atomic E-state index is 13.5. The van der Waals surface area contributed by atoms with Crippen molar-refractivity contribution in [1.29, 1.82) is 0 Å². The number of carbonyl (C=O) groups excluding carboxylic acids is 3. The van der Waals surface area contributed by atoms with Crippen molar-refractivity contribution in [1.82, 2.24) is 5.32 Å². The quantitative estimate of drug-likeness (QED) is 0.752. The topological polar surface area (TPSA) is 81.7 Å². The van der Waals surface area contributed by atoms with Crippen molar-refractivity contribution >= 4 is 29.4 Å². The largest absolute Gasteiger partial charge is 0.452 e. The molecule has 0 saturated heterocycles. The zero-order chi connectivity index (χ0) is 20.0. The van der Waals surface area contributed by atoms with Crippen LogP contribution in [0.25, 0.3) is 0 Å². The number of imide groups is 1. The van der Waals surface area contributed by atoms with Gasteiger partial charge in [0.05, 0.1) is 5.56 Å². The molecule has 0 aliphatic carbocycles. The molecule has 2 rings (SSSR count). The van der Waals surface area contributed by atoms with E-state index >= 15 is 0 Å². The fourth-order valence-corrected chi connectivity index (χ4v) is 2.06. The average molecular weight is 402 g/mol. The Morgan fingerprint density at radius 2 is 1.74 bits per heavy atom. The van der Waals surface area contributed by atoms with Gasteiger partial charge in [-0.3, -0.25) is 14.9 Å². The Morgan fingerprint density at radius 1 is 1.07 bits per heavy atom. The van der Waals surface area contributed by atoms with E-state index in [2.05, 4.69) is 9.47 Å². The number of amides is 2. The Morgan fingerprint density at radius 3 is 2.37 bits per heavy atom. The van der Waals surface area contributed by atoms with Crippen LogP contribution in [0, 0.1) is 5.82 Å². The van der Waals surface area contributed by atoms with Crippen LogP contribution in [0.5, 0.6) is 5.75 Å². The molecule has 27 heavy (non-hydrogen) atoms. The second-order valence-corrected chi connectivity index (χ2v) is 5.42. The van der Waals surface area contributed by atoms with Crippen molar-refractivity contribution < 1.29 is 37.0 Å². The van der Waals surface area contributed by atoms with Crippen molar-refractivity contribution in [3.63, 3.8) is 0 Å². The van der Waals surface area contributed by atoms with Crippen LogP contribution in [0.1, 0.15) is 20.7 Å². The Bertz CT molecular complexity index is 858. The van der Waals surface area contributed by atoms with E-state index in [0.717, 1.165) is 36.4 Å². The summed E-state index contributed by atoms with van der Waals surface area (Å²) in [6.07, 6.45) is 0. The molecule has 0 unspecified atom stereocenters. The number of benzene rings is 2. The SMILES string of the molecule is O=C(COC(=O)c1cc(Cl)ccc1F)NC(=O)c1ccc(OC(F)F)cc1. The Hall–Kier alpha value is -3.07. The van der Waals surface area contributed by atoms with Gasteiger partial charge in [0.1, 0.15) is 11.6 Å². The van der Waals surface area contributed by atoms with E-state index in [4.69, 9.17) is 11.6 Å². The summed E-state index contributed by atoms with van der Waals surface area (Å²) < 4.78 is 46.4. The molecule has 6 nitrogen and oxygen atoms in total. The smallest absolute Gasteiger partial charge is 0.387 e. The molecule has 1 N–H and O–H groups in total. The van der Waals surface area contributed by atoms with Crippen LogP contribution in [0.15, 0.2) is 42.5 Å². The van der Waals surface area contributed by atoms with Crippen LogP contribution in [0.2, 0.25) is 5.02 Å². The third-order valence-electron chi connectivity index (χ3n) is 3.08. The van der Waals surface area contributed by atoms with Gasteiger partial charge in [-0.05, 0) is 42.5 Å². The van der Waals surface area contributed by atoms with Crippen molar-refractivity contribution in [3.8, 4) is 5.75 Å². The van der Waals surface area contributed by atoms with Gasteiger partial charge in [0.15, 0.2) is 6.61 Å². The minimum atomic E-state index is -3.01. The van der Waals surface area contributed by atoms with E-state index in [9.17, 15) is 27.6 Å². The maximum Gasteiger partial charge on any atom is 0.387 e. The molecule has 2 aromatic rings. The van der Waals surface area contributed by atoms with Gasteiger partial charge in [-0.1, -0.05) is 11.6 Å². The summed E-state index contributed by atoms with van der Waals surface area (Å²) in [5.74, 6) is -4.00. The number of ether oxygens (including phenoxy) is 2. The van der Waals surface area contributed by atoms with Crippen LogP contribution in [0.3, 0.4) is 0 Å². The first kappa shape index (κ1) is 20.2. The molecule has 0 aromatic heterocycles. The zero-order valence-electron chi connectivity index (χ0n) is 13.4. The predicted octanol–water partition coefficient (Wildman–Crippen LogP) is 3.19. The molecular weight excluding hydrogens is 391 g/mol. The maximum atomic E-state index is 13.5. The van der Waals surface area contributed by atoms with Crippen LogP contribution >= 0.6 is 11.6 Å². The van der Waals surface area contributed by atoms with Gasteiger partial charge in [-0.15, -0.1) is 0 Å². The van der Waals surface area contributed by atoms with Gasteiger partial charge >= 0.3 is 12.6 Å². The van der Waals surface area contributed by atoms with E-state index in [-0.39, 0.29) is 16.3 Å². The summed E-state index contributed by atoms with van der Waals surface area (Å²) in [5, 5.41) is 2.02. The number of esters is 1. The third kappa shape index (κ3) is 6.00. The molecule has 2 aromatic carbocycles. The van der Waals surface area contributed by atoms with Crippen LogP contribution in [-0.4, -0.2) is 31.0 Å². The first-order chi connectivity index (χ1) is 12.8. The second kappa shape index (κ2) is 9.04. The number of hydrogen-bond donors (Lipinski definition) is 1. The lowest BCUT2D eigenvalue weighted by atomic mass is 10.2. The molecular formula is C17H11ClF3NO5. The van der Waals surface area contributed by atoms with Crippen molar-refractivity contribution in [2.75, 3.05) is 6.61 Å². The van der Waals surface area contributed by atoms with Crippen LogP contribution in [-0.2, 0) is 9.53 Å². The third-order valence-corrected chi connectivity index (χ3v) is 3.31. The molecule has 0 heterocycles. The number of alkyl halides is 2. The number of carbonyl (C=O) groups is 3. The number of hydrogen-bond acceptors (Lipinski definition) is 5. The molecule has 10 heteroatoms. The van der Waals surface area contributed by atoms with Crippen molar-refractivity contribution in [3.05, 3.63) is 64.4 Å². The molecule has 0 fully saturated rings. The number of nitrogens with one attached hydrogen (secondary N) is 1. The normalized spacial score (nSPS) is 10.4. The molecule has 142 valence electrons. The van der Waals surface area contributed by atoms with Crippen LogP contribution in [0.4, 0.5) is 13.2 Å². The van der Waals surface area contributed by atoms with Gasteiger partial charge in [-0.2, -0.15) is 8.78 Å². The lowest BCUT2D eigenvalue weighted by Crippen LogP contribution is -2.34. The van der Waals surface area contributed by atoms with Crippen molar-refractivity contribution in [2.24, 2.45) is 0 Å². The highest BCUT2D eigenvalue weighted by Gasteiger charge is 2.17. The second-order valence-electron chi connectivity index (χ2n) is 4.98. The standard InChI is InChI=1S/C17H11ClF3NO5/c18-10-3-6-13(19)12(7-10)16(25)26-8-14(23)22-15(24)9-1-4-11(5-2-9)27-17(20)21/h1-7,17H,8H2,(H,22,23,24). The molecule has 0 saturated carbocycles. The highest BCUT2D eigenvalue weighted by molar-refractivity contribution is 6.30. The summed E-state index contributed by atoms with van der Waals surface area (Å²) in [6.45, 7) is -3.85. The first-order valence-corrected chi connectivity index (χ1v) is 7.65. The Balaban J connectivity index is 1.88. The zero-order valence-corrected chi connectivity index (χ0v) is 14.1. The van der Waals surface area contributed by atoms with E-state index in [1.165, 1.54) is 6.07 Å². The highest BCUT2D eigenvalue weighted by atomic mass is 35.5. The van der Waals surface area contributed by atoms with E-state index in [1.54, 1.807) is 0 Å². The van der Waals surface area contributed by atoms with Gasteiger partial charge in [0, 0.05) is 10.6 Å². The van der Waals surface area contributed by atoms with Crippen LogP contribution < -0.4 is 10.1 Å². The Kier molecular flexibility index (Phi) is 6.78. The fraction of sp³-hybridized carbons (Fsp3) is 0.118.